The highest BCUT2D eigenvalue weighted by molar-refractivity contribution is 7.90. The van der Waals surface area contributed by atoms with Crippen LogP contribution in [0, 0.1) is 0 Å². The van der Waals surface area contributed by atoms with Gasteiger partial charge < -0.3 is 5.32 Å². The molecule has 108 valence electrons. The maximum Gasteiger partial charge on any atom is 0.154 e. The van der Waals surface area contributed by atoms with Crippen molar-refractivity contribution in [2.24, 2.45) is 0 Å². The minimum absolute atomic E-state index is 0.159. The number of hydrogen-bond donors (Lipinski definition) is 1. The molecule has 0 heterocycles. The monoisotopic (exact) mass is 283 g/mol. The average Bonchev–Trinajstić information content (AvgIpc) is 2.38. The van der Waals surface area contributed by atoms with Gasteiger partial charge >= 0.3 is 0 Å². The molecule has 0 bridgehead atoms. The second-order valence-electron chi connectivity index (χ2n) is 4.88. The van der Waals surface area contributed by atoms with Crippen molar-refractivity contribution >= 4 is 9.84 Å². The maximum absolute atomic E-state index is 12.0. The summed E-state index contributed by atoms with van der Waals surface area (Å²) < 4.78 is 24.0. The second-order valence-corrected chi connectivity index (χ2v) is 7.07. The van der Waals surface area contributed by atoms with Crippen molar-refractivity contribution in [3.63, 3.8) is 0 Å². The van der Waals surface area contributed by atoms with Crippen molar-refractivity contribution < 1.29 is 8.42 Å². The smallest absolute Gasteiger partial charge is 0.154 e. The Kier molecular flexibility index (Phi) is 7.10. The molecule has 1 N–H and O–H groups in total. The summed E-state index contributed by atoms with van der Waals surface area (Å²) in [5.74, 6) is 0.440. The van der Waals surface area contributed by atoms with E-state index in [0.29, 0.717) is 6.04 Å². The van der Waals surface area contributed by atoms with Gasteiger partial charge in [0, 0.05) is 6.04 Å². The van der Waals surface area contributed by atoms with E-state index in [2.05, 4.69) is 19.2 Å². The van der Waals surface area contributed by atoms with Gasteiger partial charge in [0.2, 0.25) is 0 Å². The van der Waals surface area contributed by atoms with Crippen molar-refractivity contribution in [2.75, 3.05) is 12.3 Å². The molecule has 1 atom stereocenters. The van der Waals surface area contributed by atoms with E-state index >= 15 is 0 Å². The van der Waals surface area contributed by atoms with Crippen LogP contribution < -0.4 is 5.32 Å². The quantitative estimate of drug-likeness (QED) is 0.758. The third-order valence-corrected chi connectivity index (χ3v) is 4.91. The highest BCUT2D eigenvalue weighted by atomic mass is 32.2. The zero-order chi connectivity index (χ0) is 14.1. The molecule has 0 saturated carbocycles. The first-order valence-electron chi connectivity index (χ1n) is 7.05. The van der Waals surface area contributed by atoms with E-state index in [0.717, 1.165) is 31.4 Å². The van der Waals surface area contributed by atoms with Crippen LogP contribution in [0.2, 0.25) is 0 Å². The molecule has 3 nitrogen and oxygen atoms in total. The summed E-state index contributed by atoms with van der Waals surface area (Å²) in [6.07, 6.45) is 2.71. The van der Waals surface area contributed by atoms with Gasteiger partial charge in [-0.3, -0.25) is 0 Å². The Labute approximate surface area is 117 Å². The van der Waals surface area contributed by atoms with E-state index in [1.54, 1.807) is 0 Å². The fourth-order valence-corrected chi connectivity index (χ4v) is 3.64. The third-order valence-electron chi connectivity index (χ3n) is 3.22. The van der Waals surface area contributed by atoms with Crippen molar-refractivity contribution in [1.82, 2.24) is 5.32 Å². The molecule has 0 aliphatic rings. The lowest BCUT2D eigenvalue weighted by atomic mass is 10.1. The Balaban J connectivity index is 2.39. The van der Waals surface area contributed by atoms with Gasteiger partial charge in [0.05, 0.1) is 11.5 Å². The molecule has 0 saturated heterocycles. The zero-order valence-electron chi connectivity index (χ0n) is 11.9. The van der Waals surface area contributed by atoms with Gasteiger partial charge in [-0.25, -0.2) is 8.42 Å². The SMILES string of the molecule is CCNC(CC)CCCS(=O)(=O)Cc1ccccc1. The van der Waals surface area contributed by atoms with Gasteiger partial charge in [-0.2, -0.15) is 0 Å². The van der Waals surface area contributed by atoms with Crippen molar-refractivity contribution in [2.45, 2.75) is 44.9 Å². The van der Waals surface area contributed by atoms with Crippen LogP contribution in [-0.4, -0.2) is 26.8 Å². The lowest BCUT2D eigenvalue weighted by molar-refractivity contribution is 0.474. The van der Waals surface area contributed by atoms with Crippen LogP contribution in [0.1, 0.15) is 38.7 Å². The van der Waals surface area contributed by atoms with Crippen molar-refractivity contribution in [1.29, 1.82) is 0 Å². The van der Waals surface area contributed by atoms with E-state index < -0.39 is 9.84 Å². The molecule has 0 amide bonds. The zero-order valence-corrected chi connectivity index (χ0v) is 12.7. The lowest BCUT2D eigenvalue weighted by Crippen LogP contribution is -2.28. The van der Waals surface area contributed by atoms with Crippen LogP contribution in [0.3, 0.4) is 0 Å². The minimum Gasteiger partial charge on any atom is -0.314 e. The fourth-order valence-electron chi connectivity index (χ4n) is 2.19. The normalized spacial score (nSPS) is 13.4. The minimum atomic E-state index is -2.98. The second kappa shape index (κ2) is 8.33. The van der Waals surface area contributed by atoms with E-state index in [1.807, 2.05) is 30.3 Å². The summed E-state index contributed by atoms with van der Waals surface area (Å²) in [6, 6.07) is 9.83. The molecular formula is C15H25NO2S. The Bertz CT molecular complexity index is 442. The topological polar surface area (TPSA) is 46.2 Å². The van der Waals surface area contributed by atoms with Crippen LogP contribution in [0.5, 0.6) is 0 Å². The summed E-state index contributed by atoms with van der Waals surface area (Å²) in [5.41, 5.74) is 0.876. The first-order valence-corrected chi connectivity index (χ1v) is 8.87. The summed E-state index contributed by atoms with van der Waals surface area (Å²) in [6.45, 7) is 5.15. The Morgan fingerprint density at radius 2 is 1.84 bits per heavy atom. The van der Waals surface area contributed by atoms with Gasteiger partial charge in [-0.1, -0.05) is 44.2 Å². The summed E-state index contributed by atoms with van der Waals surface area (Å²) >= 11 is 0. The van der Waals surface area contributed by atoms with E-state index in [-0.39, 0.29) is 11.5 Å². The van der Waals surface area contributed by atoms with Gasteiger partial charge in [-0.15, -0.1) is 0 Å². The Morgan fingerprint density at radius 1 is 1.16 bits per heavy atom. The van der Waals surface area contributed by atoms with E-state index in [1.165, 1.54) is 0 Å². The summed E-state index contributed by atoms with van der Waals surface area (Å²) in [5, 5.41) is 3.37. The number of rotatable bonds is 9. The predicted octanol–water partition coefficient (Wildman–Crippen LogP) is 2.77. The molecule has 19 heavy (non-hydrogen) atoms. The van der Waals surface area contributed by atoms with Gasteiger partial charge in [-0.05, 0) is 31.4 Å². The number of sulfone groups is 1. The number of benzene rings is 1. The fraction of sp³-hybridized carbons (Fsp3) is 0.600. The molecule has 4 heteroatoms. The van der Waals surface area contributed by atoms with Crippen LogP contribution >= 0.6 is 0 Å². The summed E-state index contributed by atoms with van der Waals surface area (Å²) in [7, 11) is -2.98. The average molecular weight is 283 g/mol. The molecule has 1 aromatic rings. The van der Waals surface area contributed by atoms with Gasteiger partial charge in [0.25, 0.3) is 0 Å². The molecular weight excluding hydrogens is 258 g/mol. The Morgan fingerprint density at radius 3 is 2.42 bits per heavy atom. The standard InChI is InChI=1S/C15H25NO2S/c1-3-15(16-4-2)11-8-12-19(17,18)13-14-9-6-5-7-10-14/h5-7,9-10,15-16H,3-4,8,11-13H2,1-2H3. The van der Waals surface area contributed by atoms with Crippen LogP contribution in [0.25, 0.3) is 0 Å². The van der Waals surface area contributed by atoms with Crippen molar-refractivity contribution in [3.8, 4) is 0 Å². The van der Waals surface area contributed by atoms with E-state index in [9.17, 15) is 8.42 Å². The highest BCUT2D eigenvalue weighted by Crippen LogP contribution is 2.10. The van der Waals surface area contributed by atoms with Crippen LogP contribution in [0.15, 0.2) is 30.3 Å². The molecule has 0 spiro atoms. The van der Waals surface area contributed by atoms with Crippen LogP contribution in [-0.2, 0) is 15.6 Å². The van der Waals surface area contributed by atoms with E-state index in [4.69, 9.17) is 0 Å². The number of nitrogens with one attached hydrogen (secondary N) is 1. The van der Waals surface area contributed by atoms with Crippen LogP contribution in [0.4, 0.5) is 0 Å². The molecule has 0 aliphatic heterocycles. The third kappa shape index (κ3) is 6.73. The molecule has 0 aromatic heterocycles. The van der Waals surface area contributed by atoms with Gasteiger partial charge in [0.1, 0.15) is 0 Å². The molecule has 1 unspecified atom stereocenters. The lowest BCUT2D eigenvalue weighted by Gasteiger charge is -2.15. The maximum atomic E-state index is 12.0. The summed E-state index contributed by atoms with van der Waals surface area (Å²) in [4.78, 5) is 0. The molecule has 0 fully saturated rings. The van der Waals surface area contributed by atoms with Gasteiger partial charge in [0.15, 0.2) is 9.84 Å². The first-order chi connectivity index (χ1) is 9.07. The largest absolute Gasteiger partial charge is 0.314 e. The van der Waals surface area contributed by atoms with Crippen molar-refractivity contribution in [3.05, 3.63) is 35.9 Å². The predicted molar refractivity (Wildman–Crippen MR) is 80.9 cm³/mol. The first kappa shape index (κ1) is 16.2. The Hall–Kier alpha value is -0.870. The molecule has 1 rings (SSSR count). The number of hydrogen-bond acceptors (Lipinski definition) is 3. The molecule has 0 aliphatic carbocycles. The molecule has 1 aromatic carbocycles. The molecule has 0 radical (unpaired) electrons. The highest BCUT2D eigenvalue weighted by Gasteiger charge is 2.13.